The first-order valence-corrected chi connectivity index (χ1v) is 8.24. The number of nitrogens with one attached hydrogen (secondary N) is 1. The Kier molecular flexibility index (Phi) is 5.25. The van der Waals surface area contributed by atoms with Crippen LogP contribution in [0.25, 0.3) is 0 Å². The van der Waals surface area contributed by atoms with Crippen molar-refractivity contribution in [2.45, 2.75) is 84.3 Å². The van der Waals surface area contributed by atoms with E-state index in [1.807, 2.05) is 6.20 Å². The molecule has 0 spiro atoms. The smallest absolute Gasteiger partial charge is 0.0543 e. The maximum atomic E-state index is 4.47. The predicted octanol–water partition coefficient (Wildman–Crippen LogP) is 4.09. The fourth-order valence-corrected chi connectivity index (χ4v) is 3.07. The monoisotopic (exact) mass is 277 g/mol. The van der Waals surface area contributed by atoms with E-state index in [1.54, 1.807) is 0 Å². The fraction of sp³-hybridized carbons (Fsp3) is 0.824. The van der Waals surface area contributed by atoms with Gasteiger partial charge in [-0.3, -0.25) is 4.68 Å². The standard InChI is InChI=1S/C17H31N3/c1-14(16-9-7-5-6-8-10-16)18-11-15-12-19-20(13-15)17(2,3)4/h12-14,16,18H,5-11H2,1-4H3/t14-/m0/s1. The summed E-state index contributed by atoms with van der Waals surface area (Å²) in [5.74, 6) is 0.857. The Morgan fingerprint density at radius 3 is 2.45 bits per heavy atom. The molecule has 3 nitrogen and oxygen atoms in total. The summed E-state index contributed by atoms with van der Waals surface area (Å²) in [5.41, 5.74) is 1.37. The molecule has 20 heavy (non-hydrogen) atoms. The predicted molar refractivity (Wildman–Crippen MR) is 84.7 cm³/mol. The topological polar surface area (TPSA) is 29.9 Å². The SMILES string of the molecule is C[C@H](NCc1cnn(C(C)(C)C)c1)C1CCCCCC1. The van der Waals surface area contributed by atoms with Gasteiger partial charge in [0.25, 0.3) is 0 Å². The van der Waals surface area contributed by atoms with Gasteiger partial charge in [0.05, 0.1) is 11.7 Å². The highest BCUT2D eigenvalue weighted by Crippen LogP contribution is 2.25. The summed E-state index contributed by atoms with van der Waals surface area (Å²) >= 11 is 0. The highest BCUT2D eigenvalue weighted by molar-refractivity contribution is 5.05. The number of hydrogen-bond donors (Lipinski definition) is 1. The van der Waals surface area contributed by atoms with Gasteiger partial charge in [0, 0.05) is 24.3 Å². The Labute approximate surface area is 124 Å². The molecule has 1 N–H and O–H groups in total. The van der Waals surface area contributed by atoms with Crippen molar-refractivity contribution in [1.29, 1.82) is 0 Å². The molecule has 1 aliphatic rings. The van der Waals surface area contributed by atoms with Crippen molar-refractivity contribution in [2.75, 3.05) is 0 Å². The second kappa shape index (κ2) is 6.75. The zero-order valence-corrected chi connectivity index (χ0v) is 13.7. The molecule has 1 aromatic rings. The summed E-state index contributed by atoms with van der Waals surface area (Å²) in [7, 11) is 0. The lowest BCUT2D eigenvalue weighted by Gasteiger charge is -2.23. The second-order valence-electron chi connectivity index (χ2n) is 7.39. The minimum absolute atomic E-state index is 0.0746. The van der Waals surface area contributed by atoms with Crippen LogP contribution >= 0.6 is 0 Å². The van der Waals surface area contributed by atoms with Crippen molar-refractivity contribution in [2.24, 2.45) is 5.92 Å². The molecule has 1 saturated carbocycles. The van der Waals surface area contributed by atoms with Crippen LogP contribution in [0.3, 0.4) is 0 Å². The first kappa shape index (κ1) is 15.6. The van der Waals surface area contributed by atoms with E-state index in [4.69, 9.17) is 0 Å². The van der Waals surface area contributed by atoms with E-state index < -0.39 is 0 Å². The van der Waals surface area contributed by atoms with Crippen LogP contribution in [-0.4, -0.2) is 15.8 Å². The van der Waals surface area contributed by atoms with Gasteiger partial charge >= 0.3 is 0 Å². The maximum absolute atomic E-state index is 4.47. The van der Waals surface area contributed by atoms with E-state index in [9.17, 15) is 0 Å². The molecule has 3 heteroatoms. The second-order valence-corrected chi connectivity index (χ2v) is 7.39. The molecule has 2 rings (SSSR count). The molecular formula is C17H31N3. The van der Waals surface area contributed by atoms with Crippen LogP contribution in [0.1, 0.15) is 71.8 Å². The first-order valence-electron chi connectivity index (χ1n) is 8.24. The Hall–Kier alpha value is -0.830. The van der Waals surface area contributed by atoms with Crippen molar-refractivity contribution in [3.05, 3.63) is 18.0 Å². The van der Waals surface area contributed by atoms with E-state index in [2.05, 4.69) is 49.0 Å². The Morgan fingerprint density at radius 2 is 1.90 bits per heavy atom. The third kappa shape index (κ3) is 4.34. The van der Waals surface area contributed by atoms with E-state index in [0.717, 1.165) is 12.5 Å². The van der Waals surface area contributed by atoms with Crippen molar-refractivity contribution in [3.63, 3.8) is 0 Å². The van der Waals surface area contributed by atoms with E-state index >= 15 is 0 Å². The number of aromatic nitrogens is 2. The van der Waals surface area contributed by atoms with E-state index in [-0.39, 0.29) is 5.54 Å². The molecule has 1 heterocycles. The summed E-state index contributed by atoms with van der Waals surface area (Å²) in [5, 5.41) is 8.18. The van der Waals surface area contributed by atoms with Gasteiger partial charge in [-0.15, -0.1) is 0 Å². The molecule has 1 aromatic heterocycles. The number of hydrogen-bond acceptors (Lipinski definition) is 2. The molecule has 0 bridgehead atoms. The van der Waals surface area contributed by atoms with Crippen LogP contribution in [0.5, 0.6) is 0 Å². The lowest BCUT2D eigenvalue weighted by atomic mass is 9.93. The third-order valence-corrected chi connectivity index (χ3v) is 4.56. The average Bonchev–Trinajstić information content (AvgIpc) is 2.70. The molecule has 1 atom stereocenters. The third-order valence-electron chi connectivity index (χ3n) is 4.56. The highest BCUT2D eigenvalue weighted by atomic mass is 15.3. The van der Waals surface area contributed by atoms with Gasteiger partial charge in [-0.2, -0.15) is 5.10 Å². The molecule has 114 valence electrons. The Balaban J connectivity index is 1.83. The van der Waals surface area contributed by atoms with Gasteiger partial charge in [0.15, 0.2) is 0 Å². The van der Waals surface area contributed by atoms with Gasteiger partial charge in [-0.05, 0) is 46.5 Å². The van der Waals surface area contributed by atoms with E-state index in [0.29, 0.717) is 6.04 Å². The molecule has 0 amide bonds. The quantitative estimate of drug-likeness (QED) is 0.840. The molecule has 0 radical (unpaired) electrons. The Morgan fingerprint density at radius 1 is 1.25 bits per heavy atom. The van der Waals surface area contributed by atoms with Crippen molar-refractivity contribution >= 4 is 0 Å². The van der Waals surface area contributed by atoms with Gasteiger partial charge in [-0.1, -0.05) is 25.7 Å². The lowest BCUT2D eigenvalue weighted by molar-refractivity contribution is 0.336. The molecule has 0 unspecified atom stereocenters. The number of nitrogens with zero attached hydrogens (tertiary/aromatic N) is 2. The summed E-state index contributed by atoms with van der Waals surface area (Å²) < 4.78 is 2.06. The normalized spacial score (nSPS) is 19.8. The summed E-state index contributed by atoms with van der Waals surface area (Å²) in [4.78, 5) is 0. The summed E-state index contributed by atoms with van der Waals surface area (Å²) in [6, 6.07) is 0.617. The molecule has 1 fully saturated rings. The largest absolute Gasteiger partial charge is 0.310 e. The van der Waals surface area contributed by atoms with Crippen molar-refractivity contribution < 1.29 is 0 Å². The average molecular weight is 277 g/mol. The first-order chi connectivity index (χ1) is 9.47. The van der Waals surface area contributed by atoms with Crippen molar-refractivity contribution in [3.8, 4) is 0 Å². The van der Waals surface area contributed by atoms with Crippen LogP contribution in [0.15, 0.2) is 12.4 Å². The molecule has 0 aromatic carbocycles. The minimum Gasteiger partial charge on any atom is -0.310 e. The zero-order chi connectivity index (χ0) is 14.6. The van der Waals surface area contributed by atoms with Gasteiger partial charge in [-0.25, -0.2) is 0 Å². The minimum atomic E-state index is 0.0746. The summed E-state index contributed by atoms with van der Waals surface area (Å²) in [6.45, 7) is 9.85. The fourth-order valence-electron chi connectivity index (χ4n) is 3.07. The summed E-state index contributed by atoms with van der Waals surface area (Å²) in [6.07, 6.45) is 12.7. The van der Waals surface area contributed by atoms with Crippen LogP contribution < -0.4 is 5.32 Å². The van der Waals surface area contributed by atoms with Gasteiger partial charge in [0.1, 0.15) is 0 Å². The number of rotatable bonds is 4. The molecular weight excluding hydrogens is 246 g/mol. The van der Waals surface area contributed by atoms with Crippen LogP contribution in [0.4, 0.5) is 0 Å². The Bertz CT molecular complexity index is 395. The van der Waals surface area contributed by atoms with Gasteiger partial charge < -0.3 is 5.32 Å². The van der Waals surface area contributed by atoms with E-state index in [1.165, 1.54) is 44.1 Å². The van der Waals surface area contributed by atoms with Crippen LogP contribution in [0, 0.1) is 5.92 Å². The zero-order valence-electron chi connectivity index (χ0n) is 13.7. The van der Waals surface area contributed by atoms with Crippen molar-refractivity contribution in [1.82, 2.24) is 15.1 Å². The van der Waals surface area contributed by atoms with Gasteiger partial charge in [0.2, 0.25) is 0 Å². The van der Waals surface area contributed by atoms with Crippen LogP contribution in [-0.2, 0) is 12.1 Å². The lowest BCUT2D eigenvalue weighted by Crippen LogP contribution is -2.32. The van der Waals surface area contributed by atoms with Crippen LogP contribution in [0.2, 0.25) is 0 Å². The molecule has 0 aliphatic heterocycles. The molecule has 0 saturated heterocycles. The maximum Gasteiger partial charge on any atom is 0.0543 e. The highest BCUT2D eigenvalue weighted by Gasteiger charge is 2.19. The molecule has 1 aliphatic carbocycles.